The minimum atomic E-state index is -0.439. The average molecular weight is 441 g/mol. The first-order chi connectivity index (χ1) is 13.4. The van der Waals surface area contributed by atoms with Crippen LogP contribution in [-0.4, -0.2) is 26.4 Å². The molecule has 0 radical (unpaired) electrons. The van der Waals surface area contributed by atoms with Crippen LogP contribution in [0.4, 0.5) is 10.1 Å². The highest BCUT2D eigenvalue weighted by atomic mass is 35.5. The van der Waals surface area contributed by atoms with Crippen LogP contribution in [0.5, 0.6) is 5.75 Å². The van der Waals surface area contributed by atoms with Gasteiger partial charge in [-0.2, -0.15) is 0 Å². The molecule has 28 heavy (non-hydrogen) atoms. The summed E-state index contributed by atoms with van der Waals surface area (Å²) in [6, 6.07) is 10.8. The van der Waals surface area contributed by atoms with Crippen molar-refractivity contribution in [2.24, 2.45) is 7.05 Å². The van der Waals surface area contributed by atoms with E-state index in [9.17, 15) is 9.18 Å². The number of thioether (sulfide) groups is 1. The number of hydrogen-bond donors (Lipinski definition) is 1. The summed E-state index contributed by atoms with van der Waals surface area (Å²) in [5.41, 5.74) is 0.626. The van der Waals surface area contributed by atoms with Gasteiger partial charge in [0.25, 0.3) is 0 Å². The zero-order chi connectivity index (χ0) is 20.1. The molecule has 0 saturated heterocycles. The number of carbonyl (C=O) groups excluding carboxylic acids is 1. The number of amides is 1. The molecule has 0 unspecified atom stereocenters. The molecular formula is C18H15Cl2FN4O2S. The molecule has 0 bridgehead atoms. The van der Waals surface area contributed by atoms with Gasteiger partial charge in [-0.15, -0.1) is 10.2 Å². The van der Waals surface area contributed by atoms with Crippen LogP contribution in [0.15, 0.2) is 47.6 Å². The Labute approximate surface area is 175 Å². The Bertz CT molecular complexity index is 999. The zero-order valence-electron chi connectivity index (χ0n) is 14.7. The molecule has 0 aliphatic heterocycles. The fourth-order valence-corrected chi connectivity index (χ4v) is 3.37. The summed E-state index contributed by atoms with van der Waals surface area (Å²) in [4.78, 5) is 12.1. The zero-order valence-corrected chi connectivity index (χ0v) is 17.0. The van der Waals surface area contributed by atoms with Crippen LogP contribution < -0.4 is 10.1 Å². The summed E-state index contributed by atoms with van der Waals surface area (Å²) in [5, 5.41) is 12.2. The molecule has 1 heterocycles. The summed E-state index contributed by atoms with van der Waals surface area (Å²) in [6.45, 7) is 0.101. The highest BCUT2D eigenvalue weighted by Crippen LogP contribution is 2.26. The molecule has 0 aliphatic carbocycles. The summed E-state index contributed by atoms with van der Waals surface area (Å²) < 4.78 is 20.4. The van der Waals surface area contributed by atoms with E-state index in [-0.39, 0.29) is 23.3 Å². The van der Waals surface area contributed by atoms with Crippen molar-refractivity contribution in [2.75, 3.05) is 11.1 Å². The van der Waals surface area contributed by atoms with Crippen molar-refractivity contribution in [2.45, 2.75) is 11.8 Å². The molecular weight excluding hydrogens is 426 g/mol. The van der Waals surface area contributed by atoms with E-state index in [1.165, 1.54) is 30.0 Å². The maximum Gasteiger partial charge on any atom is 0.234 e. The van der Waals surface area contributed by atoms with E-state index >= 15 is 0 Å². The van der Waals surface area contributed by atoms with Crippen molar-refractivity contribution < 1.29 is 13.9 Å². The number of carbonyl (C=O) groups is 1. The first-order valence-corrected chi connectivity index (χ1v) is 9.81. The van der Waals surface area contributed by atoms with E-state index in [1.54, 1.807) is 35.9 Å². The largest absolute Gasteiger partial charge is 0.484 e. The van der Waals surface area contributed by atoms with Gasteiger partial charge in [-0.3, -0.25) is 4.79 Å². The van der Waals surface area contributed by atoms with Crippen LogP contribution in [0.2, 0.25) is 10.0 Å². The number of ether oxygens (including phenoxy) is 1. The molecule has 0 saturated carbocycles. The van der Waals surface area contributed by atoms with Gasteiger partial charge in [0.05, 0.1) is 10.8 Å². The molecule has 6 nitrogen and oxygen atoms in total. The molecule has 1 amide bonds. The first-order valence-electron chi connectivity index (χ1n) is 8.06. The minimum absolute atomic E-state index is 0.101. The van der Waals surface area contributed by atoms with Crippen LogP contribution in [0.25, 0.3) is 0 Å². The molecule has 10 heteroatoms. The number of hydrogen-bond acceptors (Lipinski definition) is 5. The fourth-order valence-electron chi connectivity index (χ4n) is 2.22. The number of nitrogens with one attached hydrogen (secondary N) is 1. The van der Waals surface area contributed by atoms with Crippen molar-refractivity contribution in [3.63, 3.8) is 0 Å². The normalized spacial score (nSPS) is 10.7. The monoisotopic (exact) mass is 440 g/mol. The third-order valence-corrected chi connectivity index (χ3v) is 5.17. The lowest BCUT2D eigenvalue weighted by Gasteiger charge is -2.08. The molecule has 0 aliphatic rings. The Morgan fingerprint density at radius 1 is 1.25 bits per heavy atom. The minimum Gasteiger partial charge on any atom is -0.484 e. The lowest BCUT2D eigenvalue weighted by atomic mass is 10.3. The summed E-state index contributed by atoms with van der Waals surface area (Å²) in [5.74, 6) is 0.416. The Kier molecular flexibility index (Phi) is 6.77. The Balaban J connectivity index is 1.54. The maximum absolute atomic E-state index is 13.1. The maximum atomic E-state index is 13.1. The standard InChI is InChI=1S/C18H15Cl2FN4O2S/c1-25-16(9-27-15-6-5-12(21)8-14(15)20)23-24-18(25)28-10-17(26)22-13-4-2-3-11(19)7-13/h2-8H,9-10H2,1H3,(H,22,26). The van der Waals surface area contributed by atoms with E-state index < -0.39 is 5.82 Å². The fraction of sp³-hybridized carbons (Fsp3) is 0.167. The van der Waals surface area contributed by atoms with E-state index in [4.69, 9.17) is 27.9 Å². The number of benzene rings is 2. The Hall–Kier alpha value is -2.29. The second-order valence-corrected chi connectivity index (χ2v) is 7.45. The molecule has 146 valence electrons. The van der Waals surface area contributed by atoms with Crippen molar-refractivity contribution in [3.8, 4) is 5.75 Å². The predicted molar refractivity (Wildman–Crippen MR) is 108 cm³/mol. The van der Waals surface area contributed by atoms with Gasteiger partial charge >= 0.3 is 0 Å². The highest BCUT2D eigenvalue weighted by Gasteiger charge is 2.13. The van der Waals surface area contributed by atoms with Crippen molar-refractivity contribution in [1.29, 1.82) is 0 Å². The van der Waals surface area contributed by atoms with Crippen LogP contribution in [0, 0.1) is 5.82 Å². The van der Waals surface area contributed by atoms with Gasteiger partial charge in [0, 0.05) is 17.8 Å². The second-order valence-electron chi connectivity index (χ2n) is 5.67. The van der Waals surface area contributed by atoms with Crippen LogP contribution in [0.1, 0.15) is 5.82 Å². The molecule has 2 aromatic carbocycles. The SMILES string of the molecule is Cn1c(COc2ccc(F)cc2Cl)nnc1SCC(=O)Nc1cccc(Cl)c1. The number of aromatic nitrogens is 3. The molecule has 0 spiro atoms. The smallest absolute Gasteiger partial charge is 0.234 e. The predicted octanol–water partition coefficient (Wildman–Crippen LogP) is 4.57. The van der Waals surface area contributed by atoms with E-state index in [1.807, 2.05) is 0 Å². The number of anilines is 1. The van der Waals surface area contributed by atoms with Gasteiger partial charge in [-0.05, 0) is 36.4 Å². The van der Waals surface area contributed by atoms with Gasteiger partial charge in [-0.1, -0.05) is 41.0 Å². The van der Waals surface area contributed by atoms with Crippen molar-refractivity contribution in [3.05, 3.63) is 64.2 Å². The molecule has 1 N–H and O–H groups in total. The third-order valence-electron chi connectivity index (χ3n) is 3.62. The van der Waals surface area contributed by atoms with E-state index in [0.29, 0.717) is 27.4 Å². The summed E-state index contributed by atoms with van der Waals surface area (Å²) >= 11 is 13.1. The van der Waals surface area contributed by atoms with Crippen molar-refractivity contribution in [1.82, 2.24) is 14.8 Å². The van der Waals surface area contributed by atoms with Crippen LogP contribution >= 0.6 is 35.0 Å². The van der Waals surface area contributed by atoms with Gasteiger partial charge in [0.1, 0.15) is 18.2 Å². The average Bonchev–Trinajstić information content (AvgIpc) is 2.99. The van der Waals surface area contributed by atoms with Gasteiger partial charge in [-0.25, -0.2) is 4.39 Å². The van der Waals surface area contributed by atoms with Gasteiger partial charge in [0.2, 0.25) is 5.91 Å². The second kappa shape index (κ2) is 9.27. The molecule has 3 aromatic rings. The topological polar surface area (TPSA) is 69.0 Å². The lowest BCUT2D eigenvalue weighted by molar-refractivity contribution is -0.113. The number of nitrogens with zero attached hydrogens (tertiary/aromatic N) is 3. The van der Waals surface area contributed by atoms with E-state index in [2.05, 4.69) is 15.5 Å². The highest BCUT2D eigenvalue weighted by molar-refractivity contribution is 7.99. The van der Waals surface area contributed by atoms with Gasteiger partial charge in [0.15, 0.2) is 11.0 Å². The first kappa shape index (κ1) is 20.4. The van der Waals surface area contributed by atoms with Gasteiger partial charge < -0.3 is 14.6 Å². The lowest BCUT2D eigenvalue weighted by Crippen LogP contribution is -2.14. The number of halogens is 3. The Morgan fingerprint density at radius 2 is 2.07 bits per heavy atom. The van der Waals surface area contributed by atoms with Crippen LogP contribution in [0.3, 0.4) is 0 Å². The summed E-state index contributed by atoms with van der Waals surface area (Å²) in [7, 11) is 1.77. The third kappa shape index (κ3) is 5.37. The summed E-state index contributed by atoms with van der Waals surface area (Å²) in [6.07, 6.45) is 0. The molecule has 0 fully saturated rings. The molecule has 1 aromatic heterocycles. The molecule has 3 rings (SSSR count). The van der Waals surface area contributed by atoms with E-state index in [0.717, 1.165) is 0 Å². The number of rotatable bonds is 7. The van der Waals surface area contributed by atoms with Crippen molar-refractivity contribution >= 4 is 46.6 Å². The quantitative estimate of drug-likeness (QED) is 0.544. The molecule has 0 atom stereocenters. The van der Waals surface area contributed by atoms with Crippen LogP contribution in [-0.2, 0) is 18.4 Å². The Morgan fingerprint density at radius 3 is 2.82 bits per heavy atom.